The number of aryl methyl sites for hydroxylation is 3. The van der Waals surface area contributed by atoms with Gasteiger partial charge in [0.25, 0.3) is 0 Å². The summed E-state index contributed by atoms with van der Waals surface area (Å²) in [7, 11) is 2.07. The highest BCUT2D eigenvalue weighted by Crippen LogP contribution is 2.45. The Morgan fingerprint density at radius 2 is 1.27 bits per heavy atom. The third-order valence-corrected chi connectivity index (χ3v) is 6.77. The molecule has 2 heteroatoms. The predicted octanol–water partition coefficient (Wildman–Crippen LogP) is 8.14. The molecule has 33 heavy (non-hydrogen) atoms. The summed E-state index contributed by atoms with van der Waals surface area (Å²) in [6, 6.07) is 30.0. The maximum absolute atomic E-state index is 11.2. The molecule has 0 spiro atoms. The van der Waals surface area contributed by atoms with E-state index in [0.717, 1.165) is 38.4 Å². The van der Waals surface area contributed by atoms with Crippen LogP contribution >= 0.6 is 0 Å². The number of hydrogen-bond acceptors (Lipinski definition) is 1. The summed E-state index contributed by atoms with van der Waals surface area (Å²) in [5.74, 6) is 0.307. The molecule has 1 N–H and O–H groups in total. The minimum atomic E-state index is 0.307. The summed E-state index contributed by atoms with van der Waals surface area (Å²) in [5, 5.41) is 16.9. The molecule has 0 aliphatic carbocycles. The van der Waals surface area contributed by atoms with Gasteiger partial charge in [0.15, 0.2) is 0 Å². The highest BCUT2D eigenvalue weighted by Gasteiger charge is 2.18. The first-order chi connectivity index (χ1) is 16.0. The van der Waals surface area contributed by atoms with Crippen molar-refractivity contribution in [3.05, 3.63) is 102 Å². The van der Waals surface area contributed by atoms with Crippen molar-refractivity contribution < 1.29 is 5.11 Å². The Morgan fingerprint density at radius 1 is 0.606 bits per heavy atom. The van der Waals surface area contributed by atoms with Gasteiger partial charge in [-0.1, -0.05) is 71.8 Å². The van der Waals surface area contributed by atoms with Crippen LogP contribution < -0.4 is 0 Å². The predicted molar refractivity (Wildman–Crippen MR) is 140 cm³/mol. The molecule has 6 rings (SSSR count). The van der Waals surface area contributed by atoms with E-state index in [-0.39, 0.29) is 0 Å². The molecular weight excluding hydrogens is 402 g/mol. The Labute approximate surface area is 193 Å². The quantitative estimate of drug-likeness (QED) is 0.296. The SMILES string of the molecule is Cc1ccc2c(-c3c(-c4ccc5c(ccn5C)c4)ccc4cc(C)ccc34)c(O)ccc2c1. The van der Waals surface area contributed by atoms with E-state index in [4.69, 9.17) is 0 Å². The summed E-state index contributed by atoms with van der Waals surface area (Å²) in [5.41, 5.74) is 7.89. The fourth-order valence-corrected chi connectivity index (χ4v) is 5.11. The molecule has 160 valence electrons. The van der Waals surface area contributed by atoms with E-state index < -0.39 is 0 Å². The zero-order chi connectivity index (χ0) is 22.7. The van der Waals surface area contributed by atoms with Gasteiger partial charge in [0.1, 0.15) is 5.75 Å². The second kappa shape index (κ2) is 7.25. The Morgan fingerprint density at radius 3 is 2.00 bits per heavy atom. The molecule has 0 bridgehead atoms. The van der Waals surface area contributed by atoms with Gasteiger partial charge in [0.2, 0.25) is 0 Å². The number of hydrogen-bond donors (Lipinski definition) is 1. The zero-order valence-electron chi connectivity index (χ0n) is 19.1. The maximum atomic E-state index is 11.2. The second-order valence-corrected chi connectivity index (χ2v) is 9.10. The van der Waals surface area contributed by atoms with Crippen LogP contribution in [0.1, 0.15) is 11.1 Å². The lowest BCUT2D eigenvalue weighted by Gasteiger charge is -2.18. The van der Waals surface area contributed by atoms with Gasteiger partial charge in [-0.3, -0.25) is 0 Å². The summed E-state index contributed by atoms with van der Waals surface area (Å²) < 4.78 is 2.14. The van der Waals surface area contributed by atoms with Crippen LogP contribution in [0.2, 0.25) is 0 Å². The number of aromatic hydroxyl groups is 1. The van der Waals surface area contributed by atoms with Gasteiger partial charge in [-0.15, -0.1) is 0 Å². The molecule has 0 radical (unpaired) electrons. The lowest BCUT2D eigenvalue weighted by atomic mass is 9.86. The standard InChI is InChI=1S/C31H25NO/c1-19-4-9-25-21(16-19)6-11-26(23-7-12-28-24(18-23)14-15-32(28)3)30(25)31-27-10-5-20(2)17-22(27)8-13-29(31)33/h4-18,33H,1-3H3. The number of phenolic OH excluding ortho intramolecular Hbond substituents is 1. The number of benzene rings is 5. The van der Waals surface area contributed by atoms with Crippen molar-refractivity contribution in [2.24, 2.45) is 7.05 Å². The molecule has 1 heterocycles. The highest BCUT2D eigenvalue weighted by molar-refractivity contribution is 6.12. The van der Waals surface area contributed by atoms with Crippen molar-refractivity contribution in [1.82, 2.24) is 4.57 Å². The molecule has 0 saturated heterocycles. The number of aromatic nitrogens is 1. The average molecular weight is 428 g/mol. The molecule has 6 aromatic rings. The Kier molecular flexibility index (Phi) is 4.31. The van der Waals surface area contributed by atoms with Crippen LogP contribution in [0.15, 0.2) is 91.1 Å². The molecule has 2 nitrogen and oxygen atoms in total. The highest BCUT2D eigenvalue weighted by atomic mass is 16.3. The number of phenols is 1. The largest absolute Gasteiger partial charge is 0.507 e. The van der Waals surface area contributed by atoms with Crippen LogP contribution in [0.4, 0.5) is 0 Å². The van der Waals surface area contributed by atoms with Crippen molar-refractivity contribution >= 4 is 32.4 Å². The van der Waals surface area contributed by atoms with Crippen molar-refractivity contribution in [2.45, 2.75) is 13.8 Å². The number of fused-ring (bicyclic) bond motifs is 3. The molecule has 0 saturated carbocycles. The molecule has 0 fully saturated rings. The smallest absolute Gasteiger partial charge is 0.124 e. The molecule has 0 aliphatic heterocycles. The first kappa shape index (κ1) is 19.6. The summed E-state index contributed by atoms with van der Waals surface area (Å²) >= 11 is 0. The van der Waals surface area contributed by atoms with Crippen molar-refractivity contribution in [2.75, 3.05) is 0 Å². The van der Waals surface area contributed by atoms with Gasteiger partial charge in [0, 0.05) is 35.3 Å². The van der Waals surface area contributed by atoms with Crippen LogP contribution in [0, 0.1) is 13.8 Å². The second-order valence-electron chi connectivity index (χ2n) is 9.10. The van der Waals surface area contributed by atoms with Crippen molar-refractivity contribution in [3.8, 4) is 28.0 Å². The monoisotopic (exact) mass is 427 g/mol. The van der Waals surface area contributed by atoms with Crippen LogP contribution in [0.3, 0.4) is 0 Å². The van der Waals surface area contributed by atoms with Gasteiger partial charge >= 0.3 is 0 Å². The average Bonchev–Trinajstić information content (AvgIpc) is 3.18. The molecule has 0 amide bonds. The van der Waals surface area contributed by atoms with Crippen molar-refractivity contribution in [1.29, 1.82) is 0 Å². The zero-order valence-corrected chi connectivity index (χ0v) is 19.1. The third-order valence-electron chi connectivity index (χ3n) is 6.77. The minimum absolute atomic E-state index is 0.307. The summed E-state index contributed by atoms with van der Waals surface area (Å²) in [6.07, 6.45) is 2.09. The molecule has 0 atom stereocenters. The maximum Gasteiger partial charge on any atom is 0.124 e. The Bertz CT molecular complexity index is 1700. The van der Waals surface area contributed by atoms with E-state index in [0.29, 0.717) is 5.75 Å². The normalized spacial score (nSPS) is 11.6. The molecule has 0 unspecified atom stereocenters. The molecular formula is C31H25NO. The lowest BCUT2D eigenvalue weighted by Crippen LogP contribution is -1.92. The van der Waals surface area contributed by atoms with E-state index in [1.54, 1.807) is 0 Å². The fourth-order valence-electron chi connectivity index (χ4n) is 5.11. The fraction of sp³-hybridized carbons (Fsp3) is 0.0968. The molecule has 0 aliphatic rings. The topological polar surface area (TPSA) is 25.2 Å². The van der Waals surface area contributed by atoms with E-state index in [1.807, 2.05) is 12.1 Å². The van der Waals surface area contributed by atoms with Crippen LogP contribution in [0.25, 0.3) is 54.7 Å². The van der Waals surface area contributed by atoms with E-state index in [1.165, 1.54) is 27.4 Å². The first-order valence-electron chi connectivity index (χ1n) is 11.3. The van der Waals surface area contributed by atoms with Crippen molar-refractivity contribution in [3.63, 3.8) is 0 Å². The van der Waals surface area contributed by atoms with Crippen LogP contribution in [0.5, 0.6) is 5.75 Å². The van der Waals surface area contributed by atoms with Gasteiger partial charge in [-0.25, -0.2) is 0 Å². The minimum Gasteiger partial charge on any atom is -0.507 e. The Balaban J connectivity index is 1.75. The Hall–Kier alpha value is -4.04. The van der Waals surface area contributed by atoms with Gasteiger partial charge in [-0.05, 0) is 70.8 Å². The lowest BCUT2D eigenvalue weighted by molar-refractivity contribution is 0.478. The van der Waals surface area contributed by atoms with Crippen LogP contribution in [-0.4, -0.2) is 9.67 Å². The van der Waals surface area contributed by atoms with Gasteiger partial charge in [0.05, 0.1) is 0 Å². The van der Waals surface area contributed by atoms with E-state index >= 15 is 0 Å². The van der Waals surface area contributed by atoms with Gasteiger partial charge in [-0.2, -0.15) is 0 Å². The number of nitrogens with zero attached hydrogens (tertiary/aromatic N) is 1. The van der Waals surface area contributed by atoms with Gasteiger partial charge < -0.3 is 9.67 Å². The van der Waals surface area contributed by atoms with E-state index in [9.17, 15) is 5.11 Å². The molecule has 1 aromatic heterocycles. The summed E-state index contributed by atoms with van der Waals surface area (Å²) in [4.78, 5) is 0. The molecule has 5 aromatic carbocycles. The summed E-state index contributed by atoms with van der Waals surface area (Å²) in [6.45, 7) is 4.22. The van der Waals surface area contributed by atoms with Crippen LogP contribution in [-0.2, 0) is 7.05 Å². The third kappa shape index (κ3) is 3.10. The number of rotatable bonds is 2. The first-order valence-corrected chi connectivity index (χ1v) is 11.3. The van der Waals surface area contributed by atoms with E-state index in [2.05, 4.69) is 104 Å².